The first kappa shape index (κ1) is 31.8. The molecule has 11 atom stereocenters. The van der Waals surface area contributed by atoms with Crippen LogP contribution in [0.1, 0.15) is 85.0 Å². The number of ether oxygens (including phenoxy) is 1. The van der Waals surface area contributed by atoms with E-state index >= 15 is 0 Å². The average Bonchev–Trinajstić information content (AvgIpc) is 3.05. The van der Waals surface area contributed by atoms with Gasteiger partial charge in [0, 0.05) is 0 Å². The first-order valence-corrected chi connectivity index (χ1v) is 17.0. The zero-order valence-electron chi connectivity index (χ0n) is 24.6. The zero-order chi connectivity index (χ0) is 28.5. The highest BCUT2D eigenvalue weighted by Gasteiger charge is 2.48. The van der Waals surface area contributed by atoms with Gasteiger partial charge < -0.3 is 25.4 Å². The second-order valence-electron chi connectivity index (χ2n) is 13.8. The van der Waals surface area contributed by atoms with Crippen molar-refractivity contribution in [3.63, 3.8) is 0 Å². The number of aliphatic hydroxyl groups excluding tert-OH is 3. The molecule has 226 valence electrons. The third-order valence-electron chi connectivity index (χ3n) is 10.4. The number of halogens is 1. The summed E-state index contributed by atoms with van der Waals surface area (Å²) < 4.78 is 5.94. The molecule has 4 aliphatic rings. The molecule has 0 spiro atoms. The van der Waals surface area contributed by atoms with E-state index in [-0.39, 0.29) is 11.9 Å². The first-order chi connectivity index (χ1) is 18.4. The molecule has 0 aromatic rings. The predicted molar refractivity (Wildman–Crippen MR) is 158 cm³/mol. The number of carbonyl (C=O) groups is 1. The van der Waals surface area contributed by atoms with Crippen LogP contribution < -0.4 is 5.32 Å². The summed E-state index contributed by atoms with van der Waals surface area (Å²) >= 11 is 7.75. The topological polar surface area (TPSA) is 102 Å². The van der Waals surface area contributed by atoms with Crippen LogP contribution in [0.4, 0.5) is 0 Å². The van der Waals surface area contributed by atoms with Crippen molar-refractivity contribution in [2.24, 2.45) is 29.1 Å². The quantitative estimate of drug-likeness (QED) is 0.318. The van der Waals surface area contributed by atoms with E-state index in [0.29, 0.717) is 11.3 Å². The molecule has 9 heteroatoms. The number of carbonyl (C=O) groups excluding carboxylic acids is 1. The van der Waals surface area contributed by atoms with Gasteiger partial charge in [0.05, 0.1) is 17.5 Å². The Morgan fingerprint density at radius 3 is 2.36 bits per heavy atom. The fourth-order valence-corrected chi connectivity index (χ4v) is 9.61. The summed E-state index contributed by atoms with van der Waals surface area (Å²) in [6, 6.07) is -0.973. The van der Waals surface area contributed by atoms with Crippen LogP contribution in [0.3, 0.4) is 0 Å². The molecule has 2 aliphatic heterocycles. The molecule has 2 saturated heterocycles. The van der Waals surface area contributed by atoms with Gasteiger partial charge in [0.2, 0.25) is 5.91 Å². The van der Waals surface area contributed by atoms with Crippen LogP contribution in [0.25, 0.3) is 0 Å². The second kappa shape index (κ2) is 13.5. The molecule has 0 aromatic carbocycles. The van der Waals surface area contributed by atoms with Gasteiger partial charge in [-0.1, -0.05) is 13.8 Å². The van der Waals surface area contributed by atoms with Gasteiger partial charge in [0.15, 0.2) is 0 Å². The van der Waals surface area contributed by atoms with E-state index in [1.165, 1.54) is 56.7 Å². The van der Waals surface area contributed by atoms with E-state index < -0.39 is 41.3 Å². The highest BCUT2D eigenvalue weighted by molar-refractivity contribution is 7.99. The molecule has 4 rings (SSSR count). The van der Waals surface area contributed by atoms with E-state index in [2.05, 4.69) is 24.1 Å². The van der Waals surface area contributed by atoms with Crippen LogP contribution in [0.5, 0.6) is 0 Å². The normalized spacial score (nSPS) is 45.3. The maximum atomic E-state index is 13.6. The number of thioether (sulfide) groups is 1. The maximum absolute atomic E-state index is 13.6. The van der Waals surface area contributed by atoms with Crippen molar-refractivity contribution in [1.82, 2.24) is 10.2 Å². The van der Waals surface area contributed by atoms with Gasteiger partial charge in [-0.3, -0.25) is 9.69 Å². The summed E-state index contributed by atoms with van der Waals surface area (Å²) in [6.45, 7) is 7.55. The lowest BCUT2D eigenvalue weighted by molar-refractivity contribution is -0.205. The fourth-order valence-electron chi connectivity index (χ4n) is 8.73. The molecule has 4 N–H and O–H groups in total. The second-order valence-corrected chi connectivity index (χ2v) is 15.4. The van der Waals surface area contributed by atoms with Crippen molar-refractivity contribution in [3.8, 4) is 0 Å². The van der Waals surface area contributed by atoms with E-state index in [1.54, 1.807) is 13.2 Å². The molecule has 2 bridgehead atoms. The molecule has 2 aliphatic carbocycles. The molecule has 2 saturated carbocycles. The van der Waals surface area contributed by atoms with Crippen molar-refractivity contribution in [2.45, 2.75) is 132 Å². The number of rotatable bonds is 8. The SMILES string of the molecule is CSC1OC(C(NC(=O)C2CCC(CCC34CC(C)CC(CC(C)C3)C4)CCN2C)C(C)Cl)C(O)C(O)C1O. The third-order valence-corrected chi connectivity index (χ3v) is 11.5. The van der Waals surface area contributed by atoms with Crippen LogP contribution in [0.15, 0.2) is 0 Å². The first-order valence-electron chi connectivity index (χ1n) is 15.3. The molecule has 11 unspecified atom stereocenters. The molecule has 2 heterocycles. The minimum atomic E-state index is -1.37. The number of amides is 1. The Labute approximate surface area is 245 Å². The number of hydrogen-bond acceptors (Lipinski definition) is 7. The fraction of sp³-hybridized carbons (Fsp3) is 0.967. The molecular weight excluding hydrogens is 536 g/mol. The highest BCUT2D eigenvalue weighted by atomic mass is 35.5. The van der Waals surface area contributed by atoms with Gasteiger partial charge in [-0.2, -0.15) is 0 Å². The largest absolute Gasteiger partial charge is 0.388 e. The van der Waals surface area contributed by atoms with E-state index in [4.69, 9.17) is 16.3 Å². The van der Waals surface area contributed by atoms with Crippen LogP contribution >= 0.6 is 23.4 Å². The van der Waals surface area contributed by atoms with Crippen LogP contribution in [0.2, 0.25) is 0 Å². The lowest BCUT2D eigenvalue weighted by atomic mass is 9.55. The van der Waals surface area contributed by atoms with Crippen LogP contribution in [-0.4, -0.2) is 93.3 Å². The number of likely N-dealkylation sites (tertiary alicyclic amines) is 1. The summed E-state index contributed by atoms with van der Waals surface area (Å²) in [7, 11) is 2.02. The lowest BCUT2D eigenvalue weighted by Crippen LogP contribution is -2.65. The summed E-state index contributed by atoms with van der Waals surface area (Å²) in [5, 5.41) is 33.9. The summed E-state index contributed by atoms with van der Waals surface area (Å²) in [4.78, 5) is 15.7. The van der Waals surface area contributed by atoms with E-state index in [0.717, 1.165) is 43.6 Å². The summed E-state index contributed by atoms with van der Waals surface area (Å²) in [5.74, 6) is 3.15. The van der Waals surface area contributed by atoms with Crippen molar-refractivity contribution in [3.05, 3.63) is 0 Å². The lowest BCUT2D eigenvalue weighted by Gasteiger charge is -2.50. The van der Waals surface area contributed by atoms with E-state index in [9.17, 15) is 20.1 Å². The minimum absolute atomic E-state index is 0.114. The summed E-state index contributed by atoms with van der Waals surface area (Å²) in [6.07, 6.45) is 9.50. The Balaban J connectivity index is 1.35. The molecule has 7 nitrogen and oxygen atoms in total. The molecule has 4 fully saturated rings. The number of nitrogens with one attached hydrogen (secondary N) is 1. The average molecular weight is 589 g/mol. The molecule has 1 amide bonds. The molecule has 39 heavy (non-hydrogen) atoms. The van der Waals surface area contributed by atoms with Gasteiger partial charge in [0.25, 0.3) is 0 Å². The maximum Gasteiger partial charge on any atom is 0.237 e. The third kappa shape index (κ3) is 7.47. The molecular formula is C30H53ClN2O5S. The number of likely N-dealkylation sites (N-methyl/N-ethyl adjacent to an activating group) is 1. The number of alkyl halides is 1. The van der Waals surface area contributed by atoms with Gasteiger partial charge >= 0.3 is 0 Å². The Bertz CT molecular complexity index is 799. The van der Waals surface area contributed by atoms with Crippen molar-refractivity contribution >= 4 is 29.3 Å². The molecule has 0 radical (unpaired) electrons. The van der Waals surface area contributed by atoms with Crippen molar-refractivity contribution in [2.75, 3.05) is 19.8 Å². The number of fused-ring (bicyclic) bond motifs is 2. The Kier molecular flexibility index (Phi) is 11.0. The van der Waals surface area contributed by atoms with Gasteiger partial charge in [-0.15, -0.1) is 23.4 Å². The zero-order valence-corrected chi connectivity index (χ0v) is 26.2. The standard InChI is InChI=1S/C30H53ClN2O5S/c1-17-12-21-13-18(2)15-30(14-17,16-21)10-8-20-6-7-22(33(4)11-9-20)28(37)32-23(19(3)31)27-25(35)24(34)26(36)29(38-27)39-5/h17-27,29,34-36H,6-16H2,1-5H3,(H,32,37). The van der Waals surface area contributed by atoms with Crippen molar-refractivity contribution in [1.29, 1.82) is 0 Å². The van der Waals surface area contributed by atoms with Gasteiger partial charge in [-0.05, 0) is 120 Å². The monoisotopic (exact) mass is 588 g/mol. The number of nitrogens with zero attached hydrogens (tertiary/aromatic N) is 1. The van der Waals surface area contributed by atoms with Gasteiger partial charge in [0.1, 0.15) is 29.9 Å². The Morgan fingerprint density at radius 1 is 1.08 bits per heavy atom. The highest BCUT2D eigenvalue weighted by Crippen LogP contribution is 2.55. The Morgan fingerprint density at radius 2 is 1.74 bits per heavy atom. The Hall–Kier alpha value is -0.0900. The molecule has 0 aromatic heterocycles. The van der Waals surface area contributed by atoms with Gasteiger partial charge in [-0.25, -0.2) is 0 Å². The smallest absolute Gasteiger partial charge is 0.237 e. The number of hydrogen-bond donors (Lipinski definition) is 4. The summed E-state index contributed by atoms with van der Waals surface area (Å²) in [5.41, 5.74) is -0.176. The van der Waals surface area contributed by atoms with Crippen LogP contribution in [-0.2, 0) is 9.53 Å². The van der Waals surface area contributed by atoms with Crippen LogP contribution in [0, 0.1) is 29.1 Å². The predicted octanol–water partition coefficient (Wildman–Crippen LogP) is 4.00. The minimum Gasteiger partial charge on any atom is -0.388 e. The van der Waals surface area contributed by atoms with E-state index in [1.807, 2.05) is 7.05 Å². The number of aliphatic hydroxyl groups is 3. The van der Waals surface area contributed by atoms with Crippen molar-refractivity contribution < 1.29 is 24.9 Å².